The molecule has 0 aliphatic rings. The maximum atomic E-state index is 13.7. The van der Waals surface area contributed by atoms with Crippen molar-refractivity contribution in [3.05, 3.63) is 52.2 Å². The molecular formula is C13H6ClF5N2O. The molecule has 9 heteroatoms. The molecule has 3 nitrogen and oxygen atoms in total. The van der Waals surface area contributed by atoms with Crippen LogP contribution in [0.3, 0.4) is 0 Å². The zero-order valence-electron chi connectivity index (χ0n) is 10.5. The summed E-state index contributed by atoms with van der Waals surface area (Å²) >= 11 is 5.55. The van der Waals surface area contributed by atoms with Gasteiger partial charge in [0, 0.05) is 5.56 Å². The topological polar surface area (TPSA) is 56.0 Å². The lowest BCUT2D eigenvalue weighted by Gasteiger charge is -2.14. The van der Waals surface area contributed by atoms with E-state index in [1.807, 2.05) is 0 Å². The molecule has 2 rings (SSSR count). The summed E-state index contributed by atoms with van der Waals surface area (Å²) in [7, 11) is 0. The first-order chi connectivity index (χ1) is 10.1. The number of aromatic nitrogens is 1. The molecule has 0 aliphatic heterocycles. The van der Waals surface area contributed by atoms with Gasteiger partial charge in [0.05, 0.1) is 16.8 Å². The maximum Gasteiger partial charge on any atom is 0.417 e. The van der Waals surface area contributed by atoms with E-state index in [1.165, 1.54) is 0 Å². The van der Waals surface area contributed by atoms with Gasteiger partial charge in [-0.05, 0) is 18.2 Å². The number of carbonyl (C=O) groups is 1. The average molecular weight is 337 g/mol. The van der Waals surface area contributed by atoms with Gasteiger partial charge in [0.15, 0.2) is 11.6 Å². The van der Waals surface area contributed by atoms with Crippen molar-refractivity contribution in [2.45, 2.75) is 6.18 Å². The van der Waals surface area contributed by atoms with Crippen LogP contribution in [-0.2, 0) is 6.18 Å². The Morgan fingerprint density at radius 3 is 2.41 bits per heavy atom. The van der Waals surface area contributed by atoms with Gasteiger partial charge in [-0.15, -0.1) is 0 Å². The Kier molecular flexibility index (Phi) is 4.06. The van der Waals surface area contributed by atoms with Crippen LogP contribution in [0.2, 0.25) is 5.15 Å². The molecule has 22 heavy (non-hydrogen) atoms. The van der Waals surface area contributed by atoms with Crippen LogP contribution in [0, 0.1) is 11.6 Å². The molecule has 0 radical (unpaired) electrons. The number of alkyl halides is 3. The summed E-state index contributed by atoms with van der Waals surface area (Å²) in [6.45, 7) is 0. The van der Waals surface area contributed by atoms with Gasteiger partial charge < -0.3 is 5.73 Å². The van der Waals surface area contributed by atoms with Gasteiger partial charge in [0.1, 0.15) is 5.15 Å². The molecule has 116 valence electrons. The molecule has 2 aromatic rings. The summed E-state index contributed by atoms with van der Waals surface area (Å²) in [4.78, 5) is 14.6. The van der Waals surface area contributed by atoms with Crippen LogP contribution in [0.1, 0.15) is 15.9 Å². The lowest BCUT2D eigenvalue weighted by molar-refractivity contribution is -0.137. The minimum atomic E-state index is -4.98. The molecule has 1 heterocycles. The molecule has 0 unspecified atom stereocenters. The fraction of sp³-hybridized carbons (Fsp3) is 0.0769. The Bertz CT molecular complexity index is 761. The minimum absolute atomic E-state index is 0.393. The van der Waals surface area contributed by atoms with E-state index < -0.39 is 51.3 Å². The molecule has 1 aromatic heterocycles. The predicted molar refractivity (Wildman–Crippen MR) is 68.1 cm³/mol. The number of hydrogen-bond acceptors (Lipinski definition) is 2. The van der Waals surface area contributed by atoms with Gasteiger partial charge in [-0.25, -0.2) is 13.8 Å². The second-order valence-corrected chi connectivity index (χ2v) is 4.54. The molecule has 0 aliphatic carbocycles. The summed E-state index contributed by atoms with van der Waals surface area (Å²) in [6.07, 6.45) is -4.98. The van der Waals surface area contributed by atoms with E-state index >= 15 is 0 Å². The number of amides is 1. The molecule has 0 fully saturated rings. The van der Waals surface area contributed by atoms with E-state index in [0.717, 1.165) is 18.2 Å². The Morgan fingerprint density at radius 2 is 1.86 bits per heavy atom. The van der Waals surface area contributed by atoms with Gasteiger partial charge in [0.25, 0.3) is 5.91 Å². The number of nitrogens with zero attached hydrogens (tertiary/aromatic N) is 1. The highest BCUT2D eigenvalue weighted by atomic mass is 35.5. The highest BCUT2D eigenvalue weighted by Crippen LogP contribution is 2.37. The van der Waals surface area contributed by atoms with Crippen LogP contribution >= 0.6 is 11.6 Å². The molecule has 0 bridgehead atoms. The van der Waals surface area contributed by atoms with Crippen molar-refractivity contribution in [3.8, 4) is 11.3 Å². The second kappa shape index (κ2) is 5.53. The normalized spacial score (nSPS) is 11.5. The van der Waals surface area contributed by atoms with Gasteiger partial charge in [-0.2, -0.15) is 13.2 Å². The number of nitrogens with two attached hydrogens (primary N) is 1. The van der Waals surface area contributed by atoms with E-state index in [9.17, 15) is 26.7 Å². The summed E-state index contributed by atoms with van der Waals surface area (Å²) in [6, 6.07) is 3.31. The second-order valence-electron chi connectivity index (χ2n) is 4.18. The number of carbonyl (C=O) groups excluding carboxylic acids is 1. The van der Waals surface area contributed by atoms with E-state index in [1.54, 1.807) is 0 Å². The van der Waals surface area contributed by atoms with E-state index in [0.29, 0.717) is 6.07 Å². The van der Waals surface area contributed by atoms with E-state index in [4.69, 9.17) is 17.3 Å². The van der Waals surface area contributed by atoms with Gasteiger partial charge in [0.2, 0.25) is 0 Å². The molecular weight excluding hydrogens is 331 g/mol. The molecule has 1 aromatic carbocycles. The average Bonchev–Trinajstić information content (AvgIpc) is 2.39. The van der Waals surface area contributed by atoms with Crippen LogP contribution < -0.4 is 5.73 Å². The van der Waals surface area contributed by atoms with Gasteiger partial charge in [-0.3, -0.25) is 4.79 Å². The summed E-state index contributed by atoms with van der Waals surface area (Å²) < 4.78 is 65.9. The number of pyridine rings is 1. The van der Waals surface area contributed by atoms with Crippen molar-refractivity contribution in [2.75, 3.05) is 0 Å². The van der Waals surface area contributed by atoms with Crippen LogP contribution in [-0.4, -0.2) is 10.9 Å². The Balaban J connectivity index is 2.78. The quantitative estimate of drug-likeness (QED) is 0.670. The maximum absolute atomic E-state index is 13.7. The predicted octanol–water partition coefficient (Wildman–Crippen LogP) is 3.80. The summed E-state index contributed by atoms with van der Waals surface area (Å²) in [5.41, 5.74) is 1.26. The molecule has 0 saturated carbocycles. The SMILES string of the molecule is NC(=O)c1c(C(F)(F)F)cc(-c2cccc(F)c2F)nc1Cl. The third kappa shape index (κ3) is 2.87. The van der Waals surface area contributed by atoms with Crippen LogP contribution in [0.5, 0.6) is 0 Å². The molecule has 1 amide bonds. The first-order valence-electron chi connectivity index (χ1n) is 5.65. The first-order valence-corrected chi connectivity index (χ1v) is 6.02. The summed E-state index contributed by atoms with van der Waals surface area (Å²) in [5, 5.41) is -0.846. The molecule has 0 saturated heterocycles. The Morgan fingerprint density at radius 1 is 1.23 bits per heavy atom. The van der Waals surface area contributed by atoms with Crippen molar-refractivity contribution in [1.82, 2.24) is 4.98 Å². The standard InChI is InChI=1S/C13H6ClF5N2O/c14-11-9(12(20)22)6(13(17,18)19)4-8(21-11)5-2-1-3-7(15)10(5)16/h1-4H,(H2,20,22). The minimum Gasteiger partial charge on any atom is -0.365 e. The highest BCUT2D eigenvalue weighted by Gasteiger charge is 2.37. The molecule has 2 N–H and O–H groups in total. The lowest BCUT2D eigenvalue weighted by atomic mass is 10.0. The monoisotopic (exact) mass is 336 g/mol. The Labute approximate surface area is 125 Å². The molecule has 0 spiro atoms. The van der Waals surface area contributed by atoms with Crippen molar-refractivity contribution in [3.63, 3.8) is 0 Å². The number of primary amides is 1. The number of benzene rings is 1. The van der Waals surface area contributed by atoms with Crippen molar-refractivity contribution in [1.29, 1.82) is 0 Å². The Hall–Kier alpha value is -2.22. The van der Waals surface area contributed by atoms with Gasteiger partial charge in [-0.1, -0.05) is 17.7 Å². The highest BCUT2D eigenvalue weighted by molar-refractivity contribution is 6.33. The number of rotatable bonds is 2. The fourth-order valence-electron chi connectivity index (χ4n) is 1.81. The lowest BCUT2D eigenvalue weighted by Crippen LogP contribution is -2.20. The zero-order valence-corrected chi connectivity index (χ0v) is 11.3. The van der Waals surface area contributed by atoms with E-state index in [-0.39, 0.29) is 0 Å². The molecule has 0 atom stereocenters. The van der Waals surface area contributed by atoms with Crippen LogP contribution in [0.25, 0.3) is 11.3 Å². The fourth-order valence-corrected chi connectivity index (χ4v) is 2.10. The number of hydrogen-bond donors (Lipinski definition) is 1. The van der Waals surface area contributed by atoms with Crippen molar-refractivity contribution < 1.29 is 26.7 Å². The number of halogens is 6. The smallest absolute Gasteiger partial charge is 0.365 e. The third-order valence-corrected chi connectivity index (χ3v) is 3.03. The largest absolute Gasteiger partial charge is 0.417 e. The third-order valence-electron chi connectivity index (χ3n) is 2.75. The van der Waals surface area contributed by atoms with Crippen molar-refractivity contribution >= 4 is 17.5 Å². The van der Waals surface area contributed by atoms with Crippen molar-refractivity contribution in [2.24, 2.45) is 5.73 Å². The zero-order chi connectivity index (χ0) is 16.7. The van der Waals surface area contributed by atoms with Crippen LogP contribution in [0.4, 0.5) is 22.0 Å². The van der Waals surface area contributed by atoms with E-state index in [2.05, 4.69) is 4.98 Å². The first kappa shape index (κ1) is 16.2. The van der Waals surface area contributed by atoms with Gasteiger partial charge >= 0.3 is 6.18 Å². The summed E-state index contributed by atoms with van der Waals surface area (Å²) in [5.74, 6) is -4.08. The van der Waals surface area contributed by atoms with Crippen LogP contribution in [0.15, 0.2) is 24.3 Å².